The first kappa shape index (κ1) is 12.9. The lowest BCUT2D eigenvalue weighted by molar-refractivity contribution is 0.277. The van der Waals surface area contributed by atoms with E-state index in [1.165, 1.54) is 16.6 Å². The van der Waals surface area contributed by atoms with Crippen LogP contribution in [0.5, 0.6) is 0 Å². The van der Waals surface area contributed by atoms with Gasteiger partial charge in [-0.1, -0.05) is 0 Å². The Bertz CT molecular complexity index is 483. The Hall–Kier alpha value is -0.500. The number of H-pyrrole nitrogens is 1. The molecular weight excluding hydrogens is 260 g/mol. The fourth-order valence-electron chi connectivity index (χ4n) is 1.86. The van der Waals surface area contributed by atoms with Gasteiger partial charge in [0.05, 0.1) is 11.5 Å². The Labute approximate surface area is 105 Å². The molecule has 1 saturated heterocycles. The van der Waals surface area contributed by atoms with Gasteiger partial charge in [0.1, 0.15) is 0 Å². The topological polar surface area (TPSA) is 73.4 Å². The van der Waals surface area contributed by atoms with Crippen molar-refractivity contribution in [3.05, 3.63) is 18.0 Å². The molecule has 0 aliphatic carbocycles. The van der Waals surface area contributed by atoms with Gasteiger partial charge in [-0.25, -0.2) is 8.42 Å². The predicted octanol–water partition coefficient (Wildman–Crippen LogP) is 0.633. The molecule has 17 heavy (non-hydrogen) atoms. The highest BCUT2D eigenvalue weighted by Gasteiger charge is 2.31. The molecule has 0 saturated carbocycles. The number of aromatic nitrogens is 1. The number of thioether (sulfide) groups is 1. The molecule has 7 heteroatoms. The highest BCUT2D eigenvalue weighted by molar-refractivity contribution is 7.99. The second kappa shape index (κ2) is 5.01. The van der Waals surface area contributed by atoms with E-state index in [0.717, 1.165) is 11.5 Å². The number of hydrogen-bond donors (Lipinski definition) is 2. The van der Waals surface area contributed by atoms with E-state index in [1.54, 1.807) is 11.8 Å². The third kappa shape index (κ3) is 2.52. The first-order valence-electron chi connectivity index (χ1n) is 5.43. The summed E-state index contributed by atoms with van der Waals surface area (Å²) in [5.41, 5.74) is 0.516. The summed E-state index contributed by atoms with van der Waals surface area (Å²) in [4.78, 5) is 2.99. The number of hydrogen-bond acceptors (Lipinski definition) is 4. The molecule has 96 valence electrons. The lowest BCUT2D eigenvalue weighted by atomic mass is 10.4. The number of nitrogens with zero attached hydrogens (tertiary/aromatic N) is 1. The van der Waals surface area contributed by atoms with Crippen molar-refractivity contribution in [3.63, 3.8) is 0 Å². The van der Waals surface area contributed by atoms with Crippen LogP contribution in [-0.4, -0.2) is 46.9 Å². The number of aromatic amines is 1. The largest absolute Gasteiger partial charge is 0.390 e. The predicted molar refractivity (Wildman–Crippen MR) is 67.4 cm³/mol. The van der Waals surface area contributed by atoms with E-state index in [4.69, 9.17) is 5.11 Å². The van der Waals surface area contributed by atoms with Gasteiger partial charge in [0, 0.05) is 36.0 Å². The van der Waals surface area contributed by atoms with Crippen LogP contribution in [0.4, 0.5) is 0 Å². The van der Waals surface area contributed by atoms with Crippen LogP contribution < -0.4 is 0 Å². The molecular formula is C10H16N2O3S2. The standard InChI is InChI=1S/C10H16N2O3S2/c1-8-7-16-3-2-12(8)17(14,15)10-4-9(6-13)11-5-10/h4-5,8,11,13H,2-3,6-7H2,1H3. The number of sulfonamides is 1. The maximum absolute atomic E-state index is 12.3. The molecule has 0 amide bonds. The smallest absolute Gasteiger partial charge is 0.244 e. The molecule has 0 aromatic carbocycles. The van der Waals surface area contributed by atoms with Crippen LogP contribution in [0.25, 0.3) is 0 Å². The van der Waals surface area contributed by atoms with Gasteiger partial charge in [-0.15, -0.1) is 0 Å². The molecule has 5 nitrogen and oxygen atoms in total. The van der Waals surface area contributed by atoms with Gasteiger partial charge in [-0.3, -0.25) is 0 Å². The van der Waals surface area contributed by atoms with Crippen LogP contribution in [0, 0.1) is 0 Å². The molecule has 0 radical (unpaired) electrons. The maximum Gasteiger partial charge on any atom is 0.244 e. The number of aliphatic hydroxyl groups is 1. The van der Waals surface area contributed by atoms with Crippen molar-refractivity contribution in [3.8, 4) is 0 Å². The lowest BCUT2D eigenvalue weighted by Gasteiger charge is -2.31. The Morgan fingerprint density at radius 3 is 3.00 bits per heavy atom. The van der Waals surface area contributed by atoms with Crippen LogP contribution in [0.2, 0.25) is 0 Å². The Kier molecular flexibility index (Phi) is 3.82. The summed E-state index contributed by atoms with van der Waals surface area (Å²) < 4.78 is 26.2. The molecule has 1 aromatic heterocycles. The van der Waals surface area contributed by atoms with E-state index in [2.05, 4.69) is 4.98 Å². The number of nitrogens with one attached hydrogen (secondary N) is 1. The Morgan fingerprint density at radius 2 is 2.41 bits per heavy atom. The van der Waals surface area contributed by atoms with Crippen LogP contribution in [0.3, 0.4) is 0 Å². The maximum atomic E-state index is 12.3. The van der Waals surface area contributed by atoms with Crippen LogP contribution in [0.15, 0.2) is 17.2 Å². The van der Waals surface area contributed by atoms with E-state index in [9.17, 15) is 8.42 Å². The molecule has 2 heterocycles. The summed E-state index contributed by atoms with van der Waals surface area (Å²) in [6, 6.07) is 1.51. The van der Waals surface area contributed by atoms with Crippen LogP contribution in [-0.2, 0) is 16.6 Å². The molecule has 1 aliphatic rings. The third-order valence-electron chi connectivity index (χ3n) is 2.80. The van der Waals surface area contributed by atoms with E-state index < -0.39 is 10.0 Å². The van der Waals surface area contributed by atoms with Crippen LogP contribution in [0.1, 0.15) is 12.6 Å². The third-order valence-corrected chi connectivity index (χ3v) is 5.98. The van der Waals surface area contributed by atoms with Crippen molar-refractivity contribution in [2.75, 3.05) is 18.1 Å². The molecule has 1 aromatic rings. The molecule has 0 spiro atoms. The summed E-state index contributed by atoms with van der Waals surface area (Å²) in [5, 5.41) is 8.94. The monoisotopic (exact) mass is 276 g/mol. The minimum atomic E-state index is -3.42. The normalized spacial score (nSPS) is 22.8. The van der Waals surface area contributed by atoms with Gasteiger partial charge in [-0.2, -0.15) is 16.1 Å². The van der Waals surface area contributed by atoms with Crippen molar-refractivity contribution < 1.29 is 13.5 Å². The van der Waals surface area contributed by atoms with Crippen molar-refractivity contribution in [1.82, 2.24) is 9.29 Å². The molecule has 2 N–H and O–H groups in total. The van der Waals surface area contributed by atoms with Gasteiger partial charge >= 0.3 is 0 Å². The van der Waals surface area contributed by atoms with Crippen molar-refractivity contribution in [2.45, 2.75) is 24.5 Å². The van der Waals surface area contributed by atoms with E-state index >= 15 is 0 Å². The van der Waals surface area contributed by atoms with Crippen LogP contribution >= 0.6 is 11.8 Å². The molecule has 0 bridgehead atoms. The summed E-state index contributed by atoms with van der Waals surface area (Å²) >= 11 is 1.77. The van der Waals surface area contributed by atoms with Gasteiger partial charge < -0.3 is 10.1 Å². The fraction of sp³-hybridized carbons (Fsp3) is 0.600. The average molecular weight is 276 g/mol. The molecule has 1 aliphatic heterocycles. The van der Waals surface area contributed by atoms with Crippen molar-refractivity contribution in [1.29, 1.82) is 0 Å². The molecule has 1 unspecified atom stereocenters. The second-order valence-electron chi connectivity index (χ2n) is 4.06. The van der Waals surface area contributed by atoms with Gasteiger partial charge in [0.25, 0.3) is 0 Å². The van der Waals surface area contributed by atoms with Gasteiger partial charge in [0.2, 0.25) is 10.0 Å². The Morgan fingerprint density at radius 1 is 1.65 bits per heavy atom. The van der Waals surface area contributed by atoms with E-state index in [0.29, 0.717) is 12.2 Å². The second-order valence-corrected chi connectivity index (χ2v) is 7.10. The van der Waals surface area contributed by atoms with E-state index in [1.807, 2.05) is 6.92 Å². The zero-order valence-corrected chi connectivity index (χ0v) is 11.2. The van der Waals surface area contributed by atoms with Gasteiger partial charge in [-0.05, 0) is 13.0 Å². The molecule has 2 rings (SSSR count). The highest BCUT2D eigenvalue weighted by Crippen LogP contribution is 2.24. The fourth-order valence-corrected chi connectivity index (χ4v) is 4.74. The number of aliphatic hydroxyl groups excluding tert-OH is 1. The average Bonchev–Trinajstić information content (AvgIpc) is 2.78. The summed E-state index contributed by atoms with van der Waals surface area (Å²) in [5.74, 6) is 1.66. The SMILES string of the molecule is CC1CSCCN1S(=O)(=O)c1c[nH]c(CO)c1. The zero-order chi connectivity index (χ0) is 12.5. The lowest BCUT2D eigenvalue weighted by Crippen LogP contribution is -2.44. The first-order chi connectivity index (χ1) is 8.05. The van der Waals surface area contributed by atoms with E-state index in [-0.39, 0.29) is 17.5 Å². The van der Waals surface area contributed by atoms with Crippen molar-refractivity contribution >= 4 is 21.8 Å². The summed E-state index contributed by atoms with van der Waals surface area (Å²) in [6.07, 6.45) is 1.44. The van der Waals surface area contributed by atoms with Crippen molar-refractivity contribution in [2.24, 2.45) is 0 Å². The highest BCUT2D eigenvalue weighted by atomic mass is 32.2. The minimum Gasteiger partial charge on any atom is -0.390 e. The zero-order valence-electron chi connectivity index (χ0n) is 9.59. The first-order valence-corrected chi connectivity index (χ1v) is 8.03. The van der Waals surface area contributed by atoms with Gasteiger partial charge in [0.15, 0.2) is 0 Å². The number of rotatable bonds is 3. The Balaban J connectivity index is 2.28. The molecule has 1 fully saturated rings. The summed E-state index contributed by atoms with van der Waals surface area (Å²) in [6.45, 7) is 2.29. The minimum absolute atomic E-state index is 0.0197. The molecule has 1 atom stereocenters. The quantitative estimate of drug-likeness (QED) is 0.849. The summed E-state index contributed by atoms with van der Waals surface area (Å²) in [7, 11) is -3.42.